The summed E-state index contributed by atoms with van der Waals surface area (Å²) in [5.74, 6) is 0.950. The number of benzene rings is 1. The first-order chi connectivity index (χ1) is 12.1. The number of furan rings is 1. The Morgan fingerprint density at radius 3 is 2.76 bits per heavy atom. The number of pyridine rings is 1. The molecule has 0 aliphatic carbocycles. The van der Waals surface area contributed by atoms with E-state index in [1.165, 1.54) is 12.8 Å². The number of aromatic nitrogens is 1. The molecule has 0 spiro atoms. The zero-order chi connectivity index (χ0) is 17.4. The van der Waals surface area contributed by atoms with Crippen molar-refractivity contribution in [2.24, 2.45) is 0 Å². The number of aryl methyl sites for hydroxylation is 1. The van der Waals surface area contributed by atoms with Gasteiger partial charge < -0.3 is 14.6 Å². The molecule has 1 N–H and O–H groups in total. The standard InChI is InChI=1S/C19H18ClN3O2/c1-12-15-10-13(20)4-6-16(15)25-18(12)19(24)22-14-5-7-17(21-11-14)23-8-2-3-9-23/h4-7,10-11H,2-3,8-9H2,1H3,(H,22,24). The topological polar surface area (TPSA) is 58.4 Å². The van der Waals surface area contributed by atoms with Gasteiger partial charge in [-0.25, -0.2) is 4.98 Å². The minimum Gasteiger partial charge on any atom is -0.451 e. The number of hydrogen-bond acceptors (Lipinski definition) is 4. The highest BCUT2D eigenvalue weighted by atomic mass is 35.5. The van der Waals surface area contributed by atoms with E-state index in [1.807, 2.05) is 19.1 Å². The number of nitrogens with one attached hydrogen (secondary N) is 1. The molecule has 3 aromatic rings. The Kier molecular flexibility index (Phi) is 4.09. The lowest BCUT2D eigenvalue weighted by atomic mass is 10.1. The molecule has 1 aliphatic rings. The molecule has 25 heavy (non-hydrogen) atoms. The van der Waals surface area contributed by atoms with E-state index < -0.39 is 0 Å². The summed E-state index contributed by atoms with van der Waals surface area (Å²) < 4.78 is 5.69. The monoisotopic (exact) mass is 355 g/mol. The van der Waals surface area contributed by atoms with Crippen LogP contribution in [0.1, 0.15) is 29.0 Å². The summed E-state index contributed by atoms with van der Waals surface area (Å²) in [6, 6.07) is 9.13. The molecule has 1 aliphatic heterocycles. The Balaban J connectivity index is 1.54. The van der Waals surface area contributed by atoms with E-state index in [0.29, 0.717) is 22.1 Å². The van der Waals surface area contributed by atoms with Crippen LogP contribution >= 0.6 is 11.6 Å². The molecule has 1 amide bonds. The Hall–Kier alpha value is -2.53. The quantitative estimate of drug-likeness (QED) is 0.743. The summed E-state index contributed by atoms with van der Waals surface area (Å²) in [6.07, 6.45) is 4.09. The summed E-state index contributed by atoms with van der Waals surface area (Å²) in [4.78, 5) is 19.3. The summed E-state index contributed by atoms with van der Waals surface area (Å²) in [7, 11) is 0. The van der Waals surface area contributed by atoms with Gasteiger partial charge in [0.1, 0.15) is 11.4 Å². The maximum absolute atomic E-state index is 12.6. The van der Waals surface area contributed by atoms with Gasteiger partial charge in [-0.1, -0.05) is 11.6 Å². The van der Waals surface area contributed by atoms with Crippen molar-refractivity contribution in [1.82, 2.24) is 4.98 Å². The molecule has 1 fully saturated rings. The van der Waals surface area contributed by atoms with Crippen molar-refractivity contribution in [3.63, 3.8) is 0 Å². The Labute approximate surface area is 150 Å². The molecule has 0 unspecified atom stereocenters. The number of carbonyl (C=O) groups is 1. The average molecular weight is 356 g/mol. The summed E-state index contributed by atoms with van der Waals surface area (Å²) in [5.41, 5.74) is 2.07. The molecule has 4 rings (SSSR count). The van der Waals surface area contributed by atoms with Crippen LogP contribution in [0, 0.1) is 6.92 Å². The smallest absolute Gasteiger partial charge is 0.291 e. The van der Waals surface area contributed by atoms with Crippen LogP contribution < -0.4 is 10.2 Å². The van der Waals surface area contributed by atoms with Crippen LogP contribution in [0.3, 0.4) is 0 Å². The van der Waals surface area contributed by atoms with Crippen molar-refractivity contribution in [2.45, 2.75) is 19.8 Å². The lowest BCUT2D eigenvalue weighted by Crippen LogP contribution is -2.19. The van der Waals surface area contributed by atoms with Gasteiger partial charge in [-0.05, 0) is 50.1 Å². The van der Waals surface area contributed by atoms with Gasteiger partial charge in [0, 0.05) is 29.1 Å². The first-order valence-corrected chi connectivity index (χ1v) is 8.70. The van der Waals surface area contributed by atoms with Gasteiger partial charge in [0.2, 0.25) is 0 Å². The highest BCUT2D eigenvalue weighted by Gasteiger charge is 2.18. The SMILES string of the molecule is Cc1c(C(=O)Nc2ccc(N3CCCC3)nc2)oc2ccc(Cl)cc12. The van der Waals surface area contributed by atoms with Gasteiger partial charge in [0.25, 0.3) is 5.91 Å². The molecule has 128 valence electrons. The zero-order valence-corrected chi connectivity index (χ0v) is 14.6. The van der Waals surface area contributed by atoms with E-state index in [9.17, 15) is 4.79 Å². The molecule has 1 aromatic carbocycles. The fraction of sp³-hybridized carbons (Fsp3) is 0.263. The minimum absolute atomic E-state index is 0.291. The molecular weight excluding hydrogens is 338 g/mol. The van der Waals surface area contributed by atoms with Crippen LogP contribution in [0.2, 0.25) is 5.02 Å². The minimum atomic E-state index is -0.291. The maximum Gasteiger partial charge on any atom is 0.291 e. The van der Waals surface area contributed by atoms with E-state index in [1.54, 1.807) is 24.4 Å². The van der Waals surface area contributed by atoms with E-state index in [0.717, 1.165) is 29.9 Å². The predicted molar refractivity (Wildman–Crippen MR) is 99.6 cm³/mol. The number of fused-ring (bicyclic) bond motifs is 1. The fourth-order valence-electron chi connectivity index (χ4n) is 3.19. The van der Waals surface area contributed by atoms with Gasteiger partial charge in [-0.3, -0.25) is 4.79 Å². The number of hydrogen-bond donors (Lipinski definition) is 1. The number of carbonyl (C=O) groups excluding carboxylic acids is 1. The van der Waals surface area contributed by atoms with Crippen molar-refractivity contribution in [3.8, 4) is 0 Å². The van der Waals surface area contributed by atoms with E-state index in [-0.39, 0.29) is 5.91 Å². The van der Waals surface area contributed by atoms with Crippen molar-refractivity contribution in [3.05, 3.63) is 52.9 Å². The third kappa shape index (κ3) is 3.07. The number of halogens is 1. The highest BCUT2D eigenvalue weighted by molar-refractivity contribution is 6.31. The summed E-state index contributed by atoms with van der Waals surface area (Å²) in [5, 5.41) is 4.31. The van der Waals surface area contributed by atoms with Crippen LogP contribution in [-0.4, -0.2) is 24.0 Å². The molecule has 1 saturated heterocycles. The summed E-state index contributed by atoms with van der Waals surface area (Å²) in [6.45, 7) is 3.94. The molecule has 0 radical (unpaired) electrons. The highest BCUT2D eigenvalue weighted by Crippen LogP contribution is 2.28. The second kappa shape index (κ2) is 6.41. The molecule has 3 heterocycles. The van der Waals surface area contributed by atoms with Crippen LogP contribution in [0.25, 0.3) is 11.0 Å². The first-order valence-electron chi connectivity index (χ1n) is 8.33. The molecule has 0 saturated carbocycles. The predicted octanol–water partition coefficient (Wildman–Crippen LogP) is 4.64. The first kappa shape index (κ1) is 16.0. The van der Waals surface area contributed by atoms with E-state index in [4.69, 9.17) is 16.0 Å². The third-order valence-electron chi connectivity index (χ3n) is 4.54. The van der Waals surface area contributed by atoms with Crippen LogP contribution in [0.15, 0.2) is 40.9 Å². The lowest BCUT2D eigenvalue weighted by Gasteiger charge is -2.16. The van der Waals surface area contributed by atoms with Crippen LogP contribution in [-0.2, 0) is 0 Å². The Bertz CT molecular complexity index is 928. The van der Waals surface area contributed by atoms with Crippen LogP contribution in [0.4, 0.5) is 11.5 Å². The normalized spacial score (nSPS) is 14.2. The number of amides is 1. The average Bonchev–Trinajstić information content (AvgIpc) is 3.25. The van der Waals surface area contributed by atoms with Gasteiger partial charge >= 0.3 is 0 Å². The second-order valence-corrected chi connectivity index (χ2v) is 6.69. The molecule has 6 heteroatoms. The second-order valence-electron chi connectivity index (χ2n) is 6.25. The van der Waals surface area contributed by atoms with Gasteiger partial charge in [0.05, 0.1) is 11.9 Å². The van der Waals surface area contributed by atoms with E-state index >= 15 is 0 Å². The summed E-state index contributed by atoms with van der Waals surface area (Å²) >= 11 is 6.02. The lowest BCUT2D eigenvalue weighted by molar-refractivity contribution is 0.0998. The Morgan fingerprint density at radius 1 is 1.24 bits per heavy atom. The van der Waals surface area contributed by atoms with Crippen LogP contribution in [0.5, 0.6) is 0 Å². The zero-order valence-electron chi connectivity index (χ0n) is 13.9. The number of rotatable bonds is 3. The fourth-order valence-corrected chi connectivity index (χ4v) is 3.36. The Morgan fingerprint density at radius 2 is 2.04 bits per heavy atom. The third-order valence-corrected chi connectivity index (χ3v) is 4.78. The molecule has 2 aromatic heterocycles. The maximum atomic E-state index is 12.6. The van der Waals surface area contributed by atoms with Gasteiger partial charge in [-0.15, -0.1) is 0 Å². The molecule has 0 atom stereocenters. The largest absolute Gasteiger partial charge is 0.451 e. The molecule has 5 nitrogen and oxygen atoms in total. The molecular formula is C19H18ClN3O2. The van der Waals surface area contributed by atoms with Crippen molar-refractivity contribution >= 4 is 40.0 Å². The van der Waals surface area contributed by atoms with Crippen molar-refractivity contribution in [1.29, 1.82) is 0 Å². The van der Waals surface area contributed by atoms with E-state index in [2.05, 4.69) is 15.2 Å². The molecule has 0 bridgehead atoms. The van der Waals surface area contributed by atoms with Crippen molar-refractivity contribution < 1.29 is 9.21 Å². The number of nitrogens with zero attached hydrogens (tertiary/aromatic N) is 2. The number of anilines is 2. The van der Waals surface area contributed by atoms with Crippen molar-refractivity contribution in [2.75, 3.05) is 23.3 Å². The van der Waals surface area contributed by atoms with Gasteiger partial charge in [0.15, 0.2) is 5.76 Å². The van der Waals surface area contributed by atoms with Gasteiger partial charge in [-0.2, -0.15) is 0 Å².